The molecule has 1 atom stereocenters. The van der Waals surface area contributed by atoms with Gasteiger partial charge in [0.2, 0.25) is 0 Å². The van der Waals surface area contributed by atoms with Crippen molar-refractivity contribution < 1.29 is 0 Å². The normalized spacial score (nSPS) is 11.7. The van der Waals surface area contributed by atoms with Crippen molar-refractivity contribution >= 4 is 5.69 Å². The van der Waals surface area contributed by atoms with Crippen LogP contribution in [0.2, 0.25) is 0 Å². The molecule has 0 aliphatic heterocycles. The highest BCUT2D eigenvalue weighted by molar-refractivity contribution is 5.55. The summed E-state index contributed by atoms with van der Waals surface area (Å²) in [6.45, 7) is 2.85. The number of benzene rings is 2. The van der Waals surface area contributed by atoms with E-state index in [2.05, 4.69) is 37.1 Å². The number of hydrogen-bond acceptors (Lipinski definition) is 3. The monoisotopic (exact) mass is 279 g/mol. The lowest BCUT2D eigenvalue weighted by molar-refractivity contribution is 0.694. The molecule has 3 nitrogen and oxygen atoms in total. The van der Waals surface area contributed by atoms with Gasteiger partial charge in [0.25, 0.3) is 0 Å². The Morgan fingerprint density at radius 2 is 1.95 bits per heavy atom. The van der Waals surface area contributed by atoms with Gasteiger partial charge in [-0.3, -0.25) is 0 Å². The Hall–Kier alpha value is -2.31. The third-order valence-electron chi connectivity index (χ3n) is 3.66. The van der Waals surface area contributed by atoms with E-state index in [1.807, 2.05) is 36.4 Å². The van der Waals surface area contributed by atoms with Crippen LogP contribution >= 0.6 is 0 Å². The van der Waals surface area contributed by atoms with Gasteiger partial charge in [-0.25, -0.2) is 0 Å². The number of rotatable bonds is 5. The van der Waals surface area contributed by atoms with Crippen molar-refractivity contribution in [3.8, 4) is 6.07 Å². The molecule has 0 aromatic heterocycles. The van der Waals surface area contributed by atoms with Gasteiger partial charge in [0.05, 0.1) is 11.6 Å². The summed E-state index contributed by atoms with van der Waals surface area (Å²) < 4.78 is 0. The van der Waals surface area contributed by atoms with Crippen LogP contribution in [0.25, 0.3) is 0 Å². The summed E-state index contributed by atoms with van der Waals surface area (Å²) in [5, 5.41) is 8.98. The first-order chi connectivity index (χ1) is 10.2. The van der Waals surface area contributed by atoms with Crippen LogP contribution in [0.5, 0.6) is 0 Å². The van der Waals surface area contributed by atoms with Crippen LogP contribution in [0.3, 0.4) is 0 Å². The van der Waals surface area contributed by atoms with Crippen molar-refractivity contribution in [3.63, 3.8) is 0 Å². The molecule has 0 aliphatic rings. The van der Waals surface area contributed by atoms with Crippen LogP contribution < -0.4 is 10.6 Å². The van der Waals surface area contributed by atoms with E-state index in [4.69, 9.17) is 11.0 Å². The molecule has 3 heteroatoms. The van der Waals surface area contributed by atoms with E-state index in [9.17, 15) is 0 Å². The summed E-state index contributed by atoms with van der Waals surface area (Å²) in [5.74, 6) is 0. The zero-order valence-electron chi connectivity index (χ0n) is 12.6. The molecule has 0 unspecified atom stereocenters. The molecule has 0 spiro atoms. The third-order valence-corrected chi connectivity index (χ3v) is 3.66. The fourth-order valence-corrected chi connectivity index (χ4v) is 2.47. The average molecular weight is 279 g/mol. The van der Waals surface area contributed by atoms with Crippen molar-refractivity contribution in [1.82, 2.24) is 0 Å². The van der Waals surface area contributed by atoms with Gasteiger partial charge in [-0.15, -0.1) is 0 Å². The Morgan fingerprint density at radius 1 is 1.19 bits per heavy atom. The Morgan fingerprint density at radius 3 is 2.67 bits per heavy atom. The highest BCUT2D eigenvalue weighted by atomic mass is 15.1. The molecule has 2 aromatic carbocycles. The van der Waals surface area contributed by atoms with Gasteiger partial charge >= 0.3 is 0 Å². The Bertz CT molecular complexity index is 643. The second-order valence-corrected chi connectivity index (χ2v) is 5.24. The van der Waals surface area contributed by atoms with E-state index >= 15 is 0 Å². The second kappa shape index (κ2) is 6.92. The highest BCUT2D eigenvalue weighted by Gasteiger charge is 2.12. The van der Waals surface area contributed by atoms with E-state index in [0.717, 1.165) is 24.2 Å². The van der Waals surface area contributed by atoms with Crippen molar-refractivity contribution in [2.45, 2.75) is 25.9 Å². The first-order valence-corrected chi connectivity index (χ1v) is 7.20. The van der Waals surface area contributed by atoms with Gasteiger partial charge in [-0.1, -0.05) is 37.3 Å². The molecule has 2 aromatic rings. The minimum absolute atomic E-state index is 0.0501. The predicted octanol–water partition coefficient (Wildman–Crippen LogP) is 3.60. The summed E-state index contributed by atoms with van der Waals surface area (Å²) >= 11 is 0. The number of nitrogens with two attached hydrogens (primary N) is 1. The van der Waals surface area contributed by atoms with Crippen LogP contribution in [0, 0.1) is 11.3 Å². The number of anilines is 1. The van der Waals surface area contributed by atoms with E-state index in [1.165, 1.54) is 5.56 Å². The first-order valence-electron chi connectivity index (χ1n) is 7.20. The van der Waals surface area contributed by atoms with Crippen molar-refractivity contribution in [1.29, 1.82) is 5.26 Å². The molecular weight excluding hydrogens is 258 g/mol. The highest BCUT2D eigenvalue weighted by Crippen LogP contribution is 2.27. The maximum absolute atomic E-state index is 8.98. The first kappa shape index (κ1) is 15.1. The number of para-hydroxylation sites is 1. The van der Waals surface area contributed by atoms with Gasteiger partial charge in [0.1, 0.15) is 0 Å². The van der Waals surface area contributed by atoms with E-state index in [-0.39, 0.29) is 6.04 Å². The summed E-state index contributed by atoms with van der Waals surface area (Å²) in [7, 11) is 2.06. The smallest absolute Gasteiger partial charge is 0.0991 e. The molecule has 0 heterocycles. The minimum Gasteiger partial charge on any atom is -0.370 e. The van der Waals surface area contributed by atoms with E-state index in [1.54, 1.807) is 0 Å². The van der Waals surface area contributed by atoms with Crippen LogP contribution in [0.15, 0.2) is 48.5 Å². The zero-order valence-corrected chi connectivity index (χ0v) is 12.6. The number of nitrogens with zero attached hydrogens (tertiary/aromatic N) is 2. The van der Waals surface area contributed by atoms with Crippen molar-refractivity contribution in [2.24, 2.45) is 5.73 Å². The Labute approximate surface area is 126 Å². The summed E-state index contributed by atoms with van der Waals surface area (Å²) in [4.78, 5) is 2.18. The number of hydrogen-bond donors (Lipinski definition) is 1. The molecule has 0 bridgehead atoms. The minimum atomic E-state index is 0.0501. The van der Waals surface area contributed by atoms with Crippen LogP contribution in [-0.2, 0) is 6.54 Å². The molecule has 108 valence electrons. The van der Waals surface area contributed by atoms with Gasteiger partial charge < -0.3 is 10.6 Å². The standard InChI is InChI=1S/C18H21N3/c1-3-17(20)16-9-4-5-10-18(16)21(2)13-15-8-6-7-14(11-15)12-19/h4-11,17H,3,13,20H2,1-2H3/t17-/m1/s1. The molecule has 2 rings (SSSR count). The summed E-state index contributed by atoms with van der Waals surface area (Å²) in [5.41, 5.74) is 10.3. The molecule has 21 heavy (non-hydrogen) atoms. The largest absolute Gasteiger partial charge is 0.370 e. The van der Waals surface area contributed by atoms with Gasteiger partial charge in [0.15, 0.2) is 0 Å². The molecule has 2 N–H and O–H groups in total. The van der Waals surface area contributed by atoms with E-state index in [0.29, 0.717) is 5.56 Å². The molecule has 0 amide bonds. The van der Waals surface area contributed by atoms with Crippen LogP contribution in [0.4, 0.5) is 5.69 Å². The van der Waals surface area contributed by atoms with Crippen LogP contribution in [0.1, 0.15) is 36.1 Å². The SMILES string of the molecule is CC[C@@H](N)c1ccccc1N(C)Cc1cccc(C#N)c1. The predicted molar refractivity (Wildman–Crippen MR) is 86.9 cm³/mol. The van der Waals surface area contributed by atoms with Crippen molar-refractivity contribution in [2.75, 3.05) is 11.9 Å². The maximum atomic E-state index is 8.98. The third kappa shape index (κ3) is 3.62. The lowest BCUT2D eigenvalue weighted by Crippen LogP contribution is -2.20. The van der Waals surface area contributed by atoms with Crippen molar-refractivity contribution in [3.05, 3.63) is 65.2 Å². The average Bonchev–Trinajstić information content (AvgIpc) is 2.54. The molecular formula is C18H21N3. The topological polar surface area (TPSA) is 53.0 Å². The fourth-order valence-electron chi connectivity index (χ4n) is 2.47. The lowest BCUT2D eigenvalue weighted by Gasteiger charge is -2.25. The van der Waals surface area contributed by atoms with Gasteiger partial charge in [-0.05, 0) is 35.7 Å². The Kier molecular flexibility index (Phi) is 4.97. The van der Waals surface area contributed by atoms with Gasteiger partial charge in [0, 0.05) is 25.3 Å². The molecule has 0 radical (unpaired) electrons. The molecule has 0 aliphatic carbocycles. The van der Waals surface area contributed by atoms with Gasteiger partial charge in [-0.2, -0.15) is 5.26 Å². The molecule has 0 saturated heterocycles. The quantitative estimate of drug-likeness (QED) is 0.909. The maximum Gasteiger partial charge on any atom is 0.0991 e. The van der Waals surface area contributed by atoms with Crippen LogP contribution in [-0.4, -0.2) is 7.05 Å². The summed E-state index contributed by atoms with van der Waals surface area (Å²) in [6.07, 6.45) is 0.911. The summed E-state index contributed by atoms with van der Waals surface area (Å²) in [6, 6.07) is 18.2. The Balaban J connectivity index is 2.24. The fraction of sp³-hybridized carbons (Fsp3) is 0.278. The molecule has 0 saturated carbocycles. The molecule has 0 fully saturated rings. The second-order valence-electron chi connectivity index (χ2n) is 5.24. The zero-order chi connectivity index (χ0) is 15.2. The number of nitriles is 1. The lowest BCUT2D eigenvalue weighted by atomic mass is 10.0. The van der Waals surface area contributed by atoms with E-state index < -0.39 is 0 Å².